The molecule has 0 aliphatic carbocycles. The number of hydrogen-bond donors (Lipinski definition) is 0. The van der Waals surface area contributed by atoms with Crippen LogP contribution in [0.5, 0.6) is 0 Å². The molecule has 0 aromatic carbocycles. The first-order valence-electron chi connectivity index (χ1n) is 3.02. The second-order valence-corrected chi connectivity index (χ2v) is 2.06. The van der Waals surface area contributed by atoms with Crippen LogP contribution in [0, 0.1) is 13.3 Å². The molecule has 0 N–H and O–H groups in total. The Hall–Kier alpha value is -0.790. The van der Waals surface area contributed by atoms with Gasteiger partial charge in [0, 0.05) is 5.56 Å². The summed E-state index contributed by atoms with van der Waals surface area (Å²) in [5.74, 6) is 0. The van der Waals surface area contributed by atoms with Gasteiger partial charge in [-0.05, 0) is 19.8 Å². The maximum absolute atomic E-state index is 4.73. The van der Waals surface area contributed by atoms with Crippen LogP contribution in [0.1, 0.15) is 18.2 Å². The lowest BCUT2D eigenvalue weighted by atomic mass is 10.2. The molecule has 0 atom stereocenters. The molecule has 0 unspecified atom stereocenters. The molecule has 9 heavy (non-hydrogen) atoms. The van der Waals surface area contributed by atoms with Gasteiger partial charge in [0.2, 0.25) is 0 Å². The van der Waals surface area contributed by atoms with E-state index in [-0.39, 0.29) is 0 Å². The lowest BCUT2D eigenvalue weighted by molar-refractivity contribution is 0.412. The minimum atomic E-state index is 0.905. The quantitative estimate of drug-likeness (QED) is 0.600. The van der Waals surface area contributed by atoms with Gasteiger partial charge in [-0.25, -0.2) is 0 Å². The zero-order chi connectivity index (χ0) is 6.69. The van der Waals surface area contributed by atoms with Crippen molar-refractivity contribution in [2.24, 2.45) is 0 Å². The number of aromatic nitrogens is 1. The first-order chi connectivity index (χ1) is 4.34. The van der Waals surface area contributed by atoms with Crippen molar-refractivity contribution in [3.05, 3.63) is 23.9 Å². The average molecular weight is 124 g/mol. The van der Waals surface area contributed by atoms with Gasteiger partial charge < -0.3 is 4.52 Å². The smallest absolute Gasteiger partial charge is 0.126 e. The zero-order valence-electron chi connectivity index (χ0n) is 5.72. The van der Waals surface area contributed by atoms with Gasteiger partial charge in [-0.2, -0.15) is 0 Å². The van der Waals surface area contributed by atoms with Crippen molar-refractivity contribution in [1.29, 1.82) is 0 Å². The van der Waals surface area contributed by atoms with Crippen molar-refractivity contribution in [1.82, 2.24) is 5.16 Å². The summed E-state index contributed by atoms with van der Waals surface area (Å²) in [6, 6.07) is 0. The van der Waals surface area contributed by atoms with Crippen LogP contribution >= 0.6 is 0 Å². The maximum Gasteiger partial charge on any atom is 0.126 e. The third-order valence-corrected chi connectivity index (χ3v) is 1.25. The topological polar surface area (TPSA) is 26.0 Å². The van der Waals surface area contributed by atoms with Gasteiger partial charge in [0.05, 0.1) is 5.69 Å². The number of aryl methyl sites for hydroxylation is 1. The lowest BCUT2D eigenvalue weighted by Crippen LogP contribution is -1.84. The van der Waals surface area contributed by atoms with Crippen LogP contribution in [0.2, 0.25) is 0 Å². The van der Waals surface area contributed by atoms with Crippen LogP contribution in [0.4, 0.5) is 0 Å². The monoisotopic (exact) mass is 124 g/mol. The van der Waals surface area contributed by atoms with E-state index in [1.54, 1.807) is 6.26 Å². The van der Waals surface area contributed by atoms with Gasteiger partial charge in [0.25, 0.3) is 0 Å². The van der Waals surface area contributed by atoms with Crippen LogP contribution in [0.3, 0.4) is 0 Å². The fraction of sp³-hybridized carbons (Fsp3) is 0.429. The second-order valence-electron chi connectivity index (χ2n) is 2.06. The van der Waals surface area contributed by atoms with Crippen molar-refractivity contribution >= 4 is 0 Å². The van der Waals surface area contributed by atoms with Crippen molar-refractivity contribution in [3.8, 4) is 0 Å². The van der Waals surface area contributed by atoms with E-state index in [1.807, 2.05) is 13.8 Å². The van der Waals surface area contributed by atoms with Gasteiger partial charge in [-0.3, -0.25) is 0 Å². The Morgan fingerprint density at radius 3 is 3.00 bits per heavy atom. The van der Waals surface area contributed by atoms with Crippen molar-refractivity contribution in [3.63, 3.8) is 0 Å². The van der Waals surface area contributed by atoms with E-state index in [0.717, 1.165) is 17.7 Å². The lowest BCUT2D eigenvalue weighted by Gasteiger charge is -1.87. The second kappa shape index (κ2) is 2.67. The fourth-order valence-electron chi connectivity index (χ4n) is 0.701. The van der Waals surface area contributed by atoms with E-state index in [0.29, 0.717) is 0 Å². The predicted octanol–water partition coefficient (Wildman–Crippen LogP) is 1.75. The van der Waals surface area contributed by atoms with Crippen molar-refractivity contribution < 1.29 is 4.52 Å². The number of nitrogens with zero attached hydrogens (tertiary/aromatic N) is 1. The SMILES string of the molecule is C[CH]Cc1nocc1C. The maximum atomic E-state index is 4.73. The molecule has 0 saturated heterocycles. The van der Waals surface area contributed by atoms with E-state index in [1.165, 1.54) is 0 Å². The third kappa shape index (κ3) is 1.31. The van der Waals surface area contributed by atoms with Gasteiger partial charge in [0.15, 0.2) is 0 Å². The molecular formula is C7H10NO. The van der Waals surface area contributed by atoms with Crippen LogP contribution in [0.25, 0.3) is 0 Å². The van der Waals surface area contributed by atoms with Crippen LogP contribution in [-0.4, -0.2) is 5.16 Å². The van der Waals surface area contributed by atoms with Crippen LogP contribution in [-0.2, 0) is 6.42 Å². The van der Waals surface area contributed by atoms with E-state index >= 15 is 0 Å². The Morgan fingerprint density at radius 2 is 2.56 bits per heavy atom. The molecule has 2 nitrogen and oxygen atoms in total. The van der Waals surface area contributed by atoms with E-state index < -0.39 is 0 Å². The molecule has 49 valence electrons. The molecule has 1 heterocycles. The first-order valence-corrected chi connectivity index (χ1v) is 3.02. The van der Waals surface area contributed by atoms with Gasteiger partial charge >= 0.3 is 0 Å². The van der Waals surface area contributed by atoms with Gasteiger partial charge in [-0.15, -0.1) is 0 Å². The minimum Gasteiger partial charge on any atom is -0.364 e. The predicted molar refractivity (Wildman–Crippen MR) is 34.9 cm³/mol. The Labute approximate surface area is 54.9 Å². The van der Waals surface area contributed by atoms with E-state index in [2.05, 4.69) is 11.6 Å². The highest BCUT2D eigenvalue weighted by atomic mass is 16.5. The largest absolute Gasteiger partial charge is 0.364 e. The zero-order valence-corrected chi connectivity index (χ0v) is 5.72. The molecule has 1 aromatic heterocycles. The van der Waals surface area contributed by atoms with Crippen LogP contribution < -0.4 is 0 Å². The number of rotatable bonds is 2. The molecule has 0 bridgehead atoms. The fourth-order valence-corrected chi connectivity index (χ4v) is 0.701. The minimum absolute atomic E-state index is 0.905. The highest BCUT2D eigenvalue weighted by Gasteiger charge is 1.99. The number of hydrogen-bond acceptors (Lipinski definition) is 2. The summed E-state index contributed by atoms with van der Waals surface area (Å²) >= 11 is 0. The van der Waals surface area contributed by atoms with Gasteiger partial charge in [-0.1, -0.05) is 12.1 Å². The molecule has 2 heteroatoms. The Kier molecular flexibility index (Phi) is 1.88. The summed E-state index contributed by atoms with van der Waals surface area (Å²) in [5, 5.41) is 3.80. The Balaban J connectivity index is 2.69. The molecule has 0 aliphatic rings. The summed E-state index contributed by atoms with van der Waals surface area (Å²) in [6.07, 6.45) is 4.63. The molecule has 0 saturated carbocycles. The normalized spacial score (nSPS) is 10.0. The highest BCUT2D eigenvalue weighted by Crippen LogP contribution is 2.05. The summed E-state index contributed by atoms with van der Waals surface area (Å²) in [5.41, 5.74) is 2.17. The molecule has 1 rings (SSSR count). The summed E-state index contributed by atoms with van der Waals surface area (Å²) in [7, 11) is 0. The standard InChI is InChI=1S/C7H10NO/c1-3-4-7-6(2)5-9-8-7/h3,5H,4H2,1-2H3. The summed E-state index contributed by atoms with van der Waals surface area (Å²) in [4.78, 5) is 0. The summed E-state index contributed by atoms with van der Waals surface area (Å²) in [6.45, 7) is 4.00. The molecule has 1 radical (unpaired) electrons. The van der Waals surface area contributed by atoms with E-state index in [9.17, 15) is 0 Å². The van der Waals surface area contributed by atoms with E-state index in [4.69, 9.17) is 4.52 Å². The Morgan fingerprint density at radius 1 is 1.78 bits per heavy atom. The van der Waals surface area contributed by atoms with Crippen molar-refractivity contribution in [2.45, 2.75) is 20.3 Å². The van der Waals surface area contributed by atoms with Crippen molar-refractivity contribution in [2.75, 3.05) is 0 Å². The molecule has 1 aromatic rings. The summed E-state index contributed by atoms with van der Waals surface area (Å²) < 4.78 is 4.73. The average Bonchev–Trinajstić information content (AvgIpc) is 2.18. The van der Waals surface area contributed by atoms with Gasteiger partial charge in [0.1, 0.15) is 6.26 Å². The molecule has 0 aliphatic heterocycles. The third-order valence-electron chi connectivity index (χ3n) is 1.25. The highest BCUT2D eigenvalue weighted by molar-refractivity contribution is 5.13. The van der Waals surface area contributed by atoms with Crippen LogP contribution in [0.15, 0.2) is 10.8 Å². The molecular weight excluding hydrogens is 114 g/mol. The molecule has 0 fully saturated rings. The molecule has 0 spiro atoms. The Bertz CT molecular complexity index is 181. The first kappa shape index (κ1) is 6.33. The molecule has 0 amide bonds.